The standard InChI is InChI=1S/C21H19NO3.C18H17NO5/c23-21(22-17-9-10-19-20(14-17)25-13-12-24-19)11-8-16-6-3-5-15-4-1-2-7-18(15)16;20-18(6-2-12-1-4-15-16(9-12)24-11-23-15)19-13-3-5-14-17(10-13)22-8-7-21-14/h1-7,9-10,14H,8,11-13H2,(H,22,23);1,3-5,9-10H,2,6-8,11H2,(H,19,20). The summed E-state index contributed by atoms with van der Waals surface area (Å²) in [5.74, 6) is 4.20. The van der Waals surface area contributed by atoms with Gasteiger partial charge in [0.15, 0.2) is 34.5 Å². The lowest BCUT2D eigenvalue weighted by atomic mass is 10.0. The molecule has 2 N–H and O–H groups in total. The van der Waals surface area contributed by atoms with Crippen molar-refractivity contribution in [1.82, 2.24) is 0 Å². The van der Waals surface area contributed by atoms with Gasteiger partial charge >= 0.3 is 0 Å². The topological polar surface area (TPSA) is 114 Å². The number of benzene rings is 5. The van der Waals surface area contributed by atoms with E-state index in [-0.39, 0.29) is 18.6 Å². The van der Waals surface area contributed by atoms with E-state index in [0.717, 1.165) is 28.5 Å². The number of hydrogen-bond donors (Lipinski definition) is 2. The number of amides is 2. The summed E-state index contributed by atoms with van der Waals surface area (Å²) >= 11 is 0. The van der Waals surface area contributed by atoms with Crippen molar-refractivity contribution < 1.29 is 38.0 Å². The van der Waals surface area contributed by atoms with Gasteiger partial charge in [0, 0.05) is 36.3 Å². The quantitative estimate of drug-likeness (QED) is 0.184. The van der Waals surface area contributed by atoms with Crippen LogP contribution >= 0.6 is 0 Å². The molecule has 0 aromatic heterocycles. The molecule has 3 aliphatic heterocycles. The third-order valence-corrected chi connectivity index (χ3v) is 8.23. The van der Waals surface area contributed by atoms with Gasteiger partial charge in [-0.3, -0.25) is 9.59 Å². The van der Waals surface area contributed by atoms with Gasteiger partial charge in [-0.05, 0) is 71.1 Å². The van der Waals surface area contributed by atoms with Crippen LogP contribution in [0.3, 0.4) is 0 Å². The molecular formula is C39H36N2O8. The van der Waals surface area contributed by atoms with Crippen LogP contribution < -0.4 is 39.1 Å². The van der Waals surface area contributed by atoms with E-state index in [0.29, 0.717) is 75.0 Å². The second-order valence-electron chi connectivity index (χ2n) is 11.6. The Hall–Kier alpha value is -5.90. The fourth-order valence-electron chi connectivity index (χ4n) is 5.80. The predicted octanol–water partition coefficient (Wildman–Crippen LogP) is 6.94. The minimum Gasteiger partial charge on any atom is -0.486 e. The van der Waals surface area contributed by atoms with Gasteiger partial charge in [0.25, 0.3) is 0 Å². The first-order chi connectivity index (χ1) is 24.1. The van der Waals surface area contributed by atoms with Crippen molar-refractivity contribution in [3.05, 3.63) is 108 Å². The van der Waals surface area contributed by atoms with Gasteiger partial charge in [0.05, 0.1) is 0 Å². The Morgan fingerprint density at radius 3 is 1.73 bits per heavy atom. The summed E-state index contributed by atoms with van der Waals surface area (Å²) in [6.07, 6.45) is 2.15. The number of ether oxygens (including phenoxy) is 6. The van der Waals surface area contributed by atoms with E-state index in [1.54, 1.807) is 6.07 Å². The molecule has 5 aromatic rings. The molecule has 0 radical (unpaired) electrons. The SMILES string of the molecule is O=C(CCc1ccc2c(c1)OCO2)Nc1ccc2c(c1)OCCO2.O=C(CCc1cccc2ccccc12)Nc1ccc2c(c1)OCCO2. The minimum atomic E-state index is -0.0515. The van der Waals surface area contributed by atoms with Crippen LogP contribution in [0.2, 0.25) is 0 Å². The smallest absolute Gasteiger partial charge is 0.231 e. The Morgan fingerprint density at radius 2 is 1.04 bits per heavy atom. The van der Waals surface area contributed by atoms with Crippen molar-refractivity contribution >= 4 is 34.0 Å². The molecule has 2 amide bonds. The average molecular weight is 661 g/mol. The third-order valence-electron chi connectivity index (χ3n) is 8.23. The van der Waals surface area contributed by atoms with E-state index in [4.69, 9.17) is 28.4 Å². The van der Waals surface area contributed by atoms with Crippen LogP contribution in [0.4, 0.5) is 11.4 Å². The van der Waals surface area contributed by atoms with Crippen molar-refractivity contribution in [2.24, 2.45) is 0 Å². The second kappa shape index (κ2) is 14.9. The lowest BCUT2D eigenvalue weighted by Gasteiger charge is -2.19. The summed E-state index contributed by atoms with van der Waals surface area (Å²) in [6.45, 7) is 2.42. The molecule has 0 spiro atoms. The maximum Gasteiger partial charge on any atom is 0.231 e. The summed E-state index contributed by atoms with van der Waals surface area (Å²) in [5, 5.41) is 8.23. The molecule has 10 nitrogen and oxygen atoms in total. The Morgan fingerprint density at radius 1 is 0.510 bits per heavy atom. The molecule has 0 saturated heterocycles. The van der Waals surface area contributed by atoms with Crippen LogP contribution in [0.1, 0.15) is 24.0 Å². The van der Waals surface area contributed by atoms with Crippen LogP contribution in [0.15, 0.2) is 97.1 Å². The van der Waals surface area contributed by atoms with Gasteiger partial charge in [-0.1, -0.05) is 48.5 Å². The lowest BCUT2D eigenvalue weighted by Crippen LogP contribution is -2.16. The first-order valence-corrected chi connectivity index (χ1v) is 16.3. The Bertz CT molecular complexity index is 1970. The first-order valence-electron chi connectivity index (χ1n) is 16.3. The summed E-state index contributed by atoms with van der Waals surface area (Å²) in [6, 6.07) is 31.1. The molecule has 49 heavy (non-hydrogen) atoms. The monoisotopic (exact) mass is 660 g/mol. The number of fused-ring (bicyclic) bond motifs is 4. The van der Waals surface area contributed by atoms with Crippen LogP contribution in [-0.2, 0) is 22.4 Å². The molecule has 0 fully saturated rings. The molecule has 0 atom stereocenters. The highest BCUT2D eigenvalue weighted by Crippen LogP contribution is 2.35. The van der Waals surface area contributed by atoms with Crippen LogP contribution in [0.5, 0.6) is 34.5 Å². The van der Waals surface area contributed by atoms with Gasteiger partial charge in [0.2, 0.25) is 18.6 Å². The zero-order valence-corrected chi connectivity index (χ0v) is 26.9. The Balaban J connectivity index is 0.000000154. The number of carbonyl (C=O) groups is 2. The van der Waals surface area contributed by atoms with Gasteiger partial charge in [-0.15, -0.1) is 0 Å². The largest absolute Gasteiger partial charge is 0.486 e. The van der Waals surface area contributed by atoms with Gasteiger partial charge in [-0.2, -0.15) is 0 Å². The highest BCUT2D eigenvalue weighted by Gasteiger charge is 2.16. The van der Waals surface area contributed by atoms with Crippen LogP contribution in [0, 0.1) is 0 Å². The van der Waals surface area contributed by atoms with E-state index in [9.17, 15) is 9.59 Å². The van der Waals surface area contributed by atoms with Crippen molar-refractivity contribution in [3.8, 4) is 34.5 Å². The molecule has 0 bridgehead atoms. The van der Waals surface area contributed by atoms with Crippen molar-refractivity contribution in [2.45, 2.75) is 25.7 Å². The Labute approximate surface area is 283 Å². The normalized spacial score (nSPS) is 13.6. The highest BCUT2D eigenvalue weighted by molar-refractivity contribution is 5.92. The van der Waals surface area contributed by atoms with Crippen molar-refractivity contribution in [1.29, 1.82) is 0 Å². The van der Waals surface area contributed by atoms with Crippen LogP contribution in [-0.4, -0.2) is 45.0 Å². The summed E-state index contributed by atoms with van der Waals surface area (Å²) in [5.41, 5.74) is 3.66. The molecule has 0 unspecified atom stereocenters. The zero-order valence-electron chi connectivity index (χ0n) is 26.9. The zero-order chi connectivity index (χ0) is 33.4. The summed E-state index contributed by atoms with van der Waals surface area (Å²) in [4.78, 5) is 24.5. The summed E-state index contributed by atoms with van der Waals surface area (Å²) in [7, 11) is 0. The number of rotatable bonds is 8. The first kappa shape index (κ1) is 31.7. The maximum atomic E-state index is 12.3. The number of anilines is 2. The number of nitrogens with one attached hydrogen (secondary N) is 2. The van der Waals surface area contributed by atoms with Crippen molar-refractivity contribution in [3.63, 3.8) is 0 Å². The molecule has 5 aromatic carbocycles. The minimum absolute atomic E-state index is 0.00962. The Kier molecular flexibility index (Phi) is 9.63. The van der Waals surface area contributed by atoms with E-state index in [2.05, 4.69) is 34.9 Å². The lowest BCUT2D eigenvalue weighted by molar-refractivity contribution is -0.117. The molecule has 250 valence electrons. The second-order valence-corrected chi connectivity index (χ2v) is 11.6. The number of hydrogen-bond acceptors (Lipinski definition) is 8. The van der Waals surface area contributed by atoms with Gasteiger partial charge < -0.3 is 39.1 Å². The summed E-state index contributed by atoms with van der Waals surface area (Å²) < 4.78 is 32.6. The molecule has 10 heteroatoms. The third kappa shape index (κ3) is 7.98. The molecule has 0 aliphatic carbocycles. The molecule has 3 aliphatic rings. The number of carbonyl (C=O) groups excluding carboxylic acids is 2. The molecule has 3 heterocycles. The number of aryl methyl sites for hydroxylation is 2. The fraction of sp³-hybridized carbons (Fsp3) is 0.231. The van der Waals surface area contributed by atoms with E-state index in [1.807, 2.05) is 66.7 Å². The van der Waals surface area contributed by atoms with Crippen molar-refractivity contribution in [2.75, 3.05) is 43.9 Å². The average Bonchev–Trinajstić information content (AvgIpc) is 3.61. The van der Waals surface area contributed by atoms with Crippen LogP contribution in [0.25, 0.3) is 10.8 Å². The van der Waals surface area contributed by atoms with E-state index < -0.39 is 0 Å². The fourth-order valence-corrected chi connectivity index (χ4v) is 5.80. The predicted molar refractivity (Wildman–Crippen MR) is 185 cm³/mol. The molecule has 0 saturated carbocycles. The van der Waals surface area contributed by atoms with E-state index in [1.165, 1.54) is 16.3 Å². The van der Waals surface area contributed by atoms with Gasteiger partial charge in [0.1, 0.15) is 26.4 Å². The maximum absolute atomic E-state index is 12.3. The molecular weight excluding hydrogens is 624 g/mol. The van der Waals surface area contributed by atoms with E-state index >= 15 is 0 Å². The highest BCUT2D eigenvalue weighted by atomic mass is 16.7. The van der Waals surface area contributed by atoms with Gasteiger partial charge in [-0.25, -0.2) is 0 Å². The molecule has 8 rings (SSSR count).